The first-order chi connectivity index (χ1) is 14.0. The zero-order valence-corrected chi connectivity index (χ0v) is 16.4. The lowest BCUT2D eigenvalue weighted by Gasteiger charge is -2.37. The van der Waals surface area contributed by atoms with Crippen molar-refractivity contribution in [3.8, 4) is 0 Å². The summed E-state index contributed by atoms with van der Waals surface area (Å²) in [6.45, 7) is 5.65. The van der Waals surface area contributed by atoms with Gasteiger partial charge in [0.2, 0.25) is 0 Å². The van der Waals surface area contributed by atoms with E-state index in [0.29, 0.717) is 42.0 Å². The number of aromatic amines is 1. The highest BCUT2D eigenvalue weighted by atomic mass is 16.2. The molecule has 3 heterocycles. The number of carbonyl (C=O) groups excluding carboxylic acids is 2. The second-order valence-electron chi connectivity index (χ2n) is 7.71. The van der Waals surface area contributed by atoms with Crippen molar-refractivity contribution in [3.05, 3.63) is 64.3 Å². The fourth-order valence-electron chi connectivity index (χ4n) is 3.79. The highest BCUT2D eigenvalue weighted by molar-refractivity contribution is 6.04. The largest absolute Gasteiger partial charge is 0.348 e. The number of H-pyrrole nitrogens is 1. The Hall–Kier alpha value is -3.42. The van der Waals surface area contributed by atoms with Gasteiger partial charge in [0.05, 0.1) is 11.4 Å². The first kappa shape index (κ1) is 18.9. The SMILES string of the molecule is CC(C)CN1C(=O)c2cccn2CC1CNC(=O)c1n[nH]c(=O)c2ccccc12. The molecule has 0 aliphatic carbocycles. The summed E-state index contributed by atoms with van der Waals surface area (Å²) in [7, 11) is 0. The molecule has 0 fully saturated rings. The Labute approximate surface area is 167 Å². The Morgan fingerprint density at radius 3 is 2.72 bits per heavy atom. The normalized spacial score (nSPS) is 16.3. The maximum Gasteiger partial charge on any atom is 0.272 e. The second-order valence-corrected chi connectivity index (χ2v) is 7.71. The minimum absolute atomic E-state index is 0.0261. The number of nitrogens with zero attached hydrogens (tertiary/aromatic N) is 3. The summed E-state index contributed by atoms with van der Waals surface area (Å²) in [5.74, 6) is -0.0991. The number of carbonyl (C=O) groups is 2. The number of hydrogen-bond donors (Lipinski definition) is 2. The van der Waals surface area contributed by atoms with Crippen LogP contribution in [-0.4, -0.2) is 50.6 Å². The van der Waals surface area contributed by atoms with Crippen molar-refractivity contribution in [3.63, 3.8) is 0 Å². The molecule has 2 amide bonds. The Kier molecular flexibility index (Phi) is 4.92. The Morgan fingerprint density at radius 1 is 1.21 bits per heavy atom. The average molecular weight is 393 g/mol. The van der Waals surface area contributed by atoms with Crippen LogP contribution in [0.3, 0.4) is 0 Å². The van der Waals surface area contributed by atoms with Gasteiger partial charge in [0.15, 0.2) is 5.69 Å². The molecule has 0 saturated carbocycles. The number of rotatable bonds is 5. The lowest BCUT2D eigenvalue weighted by atomic mass is 10.1. The van der Waals surface area contributed by atoms with Gasteiger partial charge in [-0.25, -0.2) is 5.10 Å². The van der Waals surface area contributed by atoms with Crippen LogP contribution in [0.2, 0.25) is 0 Å². The summed E-state index contributed by atoms with van der Waals surface area (Å²) < 4.78 is 1.92. The van der Waals surface area contributed by atoms with Gasteiger partial charge < -0.3 is 14.8 Å². The zero-order chi connectivity index (χ0) is 20.5. The molecule has 3 aromatic rings. The molecule has 1 aromatic carbocycles. The fraction of sp³-hybridized carbons (Fsp3) is 0.333. The van der Waals surface area contributed by atoms with Crippen molar-refractivity contribution in [1.29, 1.82) is 0 Å². The number of fused-ring (bicyclic) bond motifs is 2. The van der Waals surface area contributed by atoms with Crippen LogP contribution in [0.15, 0.2) is 47.4 Å². The first-order valence-electron chi connectivity index (χ1n) is 9.67. The van der Waals surface area contributed by atoms with E-state index in [9.17, 15) is 14.4 Å². The minimum Gasteiger partial charge on any atom is -0.348 e. The maximum absolute atomic E-state index is 12.9. The quantitative estimate of drug-likeness (QED) is 0.688. The van der Waals surface area contributed by atoms with Gasteiger partial charge in [0, 0.05) is 31.2 Å². The van der Waals surface area contributed by atoms with Crippen molar-refractivity contribution < 1.29 is 9.59 Å². The van der Waals surface area contributed by atoms with Crippen molar-refractivity contribution in [2.45, 2.75) is 26.4 Å². The molecule has 0 bridgehead atoms. The van der Waals surface area contributed by atoms with E-state index in [1.165, 1.54) is 0 Å². The molecule has 2 aromatic heterocycles. The van der Waals surface area contributed by atoms with Gasteiger partial charge in [-0.05, 0) is 24.1 Å². The van der Waals surface area contributed by atoms with Gasteiger partial charge in [0.25, 0.3) is 17.4 Å². The molecule has 29 heavy (non-hydrogen) atoms. The minimum atomic E-state index is -0.382. The maximum atomic E-state index is 12.9. The van der Waals surface area contributed by atoms with Gasteiger partial charge >= 0.3 is 0 Å². The summed E-state index contributed by atoms with van der Waals surface area (Å²) in [5.41, 5.74) is 0.499. The summed E-state index contributed by atoms with van der Waals surface area (Å²) in [6.07, 6.45) is 1.88. The van der Waals surface area contributed by atoms with Crippen molar-refractivity contribution in [2.24, 2.45) is 5.92 Å². The number of hydrogen-bond acceptors (Lipinski definition) is 4. The molecule has 0 saturated heterocycles. The molecule has 150 valence electrons. The Balaban J connectivity index is 1.56. The van der Waals surface area contributed by atoms with Crippen LogP contribution in [0, 0.1) is 5.92 Å². The molecule has 0 radical (unpaired) electrons. The fourth-order valence-corrected chi connectivity index (χ4v) is 3.79. The monoisotopic (exact) mass is 393 g/mol. The third-order valence-corrected chi connectivity index (χ3v) is 5.13. The highest BCUT2D eigenvalue weighted by Gasteiger charge is 2.32. The average Bonchev–Trinajstić information content (AvgIpc) is 3.17. The molecular weight excluding hydrogens is 370 g/mol. The van der Waals surface area contributed by atoms with Crippen LogP contribution < -0.4 is 10.9 Å². The van der Waals surface area contributed by atoms with Gasteiger partial charge in [-0.15, -0.1) is 0 Å². The van der Waals surface area contributed by atoms with E-state index in [2.05, 4.69) is 29.4 Å². The summed E-state index contributed by atoms with van der Waals surface area (Å²) in [4.78, 5) is 39.5. The Morgan fingerprint density at radius 2 is 1.97 bits per heavy atom. The standard InChI is InChI=1S/C21H23N5O3/c1-13(2)11-26-14(12-25-9-5-8-17(25)21(26)29)10-22-20(28)18-15-6-3-4-7-16(15)19(27)24-23-18/h3-9,13-14H,10-12H2,1-2H3,(H,22,28)(H,24,27). The van der Waals surface area contributed by atoms with Crippen LogP contribution >= 0.6 is 0 Å². The van der Waals surface area contributed by atoms with E-state index in [4.69, 9.17) is 0 Å². The predicted octanol–water partition coefficient (Wildman–Crippen LogP) is 1.63. The third-order valence-electron chi connectivity index (χ3n) is 5.13. The van der Waals surface area contributed by atoms with Crippen LogP contribution in [0.4, 0.5) is 0 Å². The van der Waals surface area contributed by atoms with E-state index in [-0.39, 0.29) is 29.1 Å². The van der Waals surface area contributed by atoms with Crippen molar-refractivity contribution in [2.75, 3.05) is 13.1 Å². The number of aromatic nitrogens is 3. The van der Waals surface area contributed by atoms with E-state index in [0.717, 1.165) is 0 Å². The molecule has 2 N–H and O–H groups in total. The number of amides is 2. The highest BCUT2D eigenvalue weighted by Crippen LogP contribution is 2.20. The molecule has 1 unspecified atom stereocenters. The van der Waals surface area contributed by atoms with Crippen molar-refractivity contribution >= 4 is 22.6 Å². The topological polar surface area (TPSA) is 100 Å². The number of nitrogens with one attached hydrogen (secondary N) is 2. The number of benzene rings is 1. The lowest BCUT2D eigenvalue weighted by Crippen LogP contribution is -2.53. The summed E-state index contributed by atoms with van der Waals surface area (Å²) in [5, 5.41) is 10.1. The van der Waals surface area contributed by atoms with Crippen LogP contribution in [0.5, 0.6) is 0 Å². The van der Waals surface area contributed by atoms with E-state index < -0.39 is 0 Å². The van der Waals surface area contributed by atoms with Crippen LogP contribution in [-0.2, 0) is 6.54 Å². The molecule has 8 nitrogen and oxygen atoms in total. The van der Waals surface area contributed by atoms with Gasteiger partial charge in [0.1, 0.15) is 5.69 Å². The van der Waals surface area contributed by atoms with Gasteiger partial charge in [-0.1, -0.05) is 32.0 Å². The summed E-state index contributed by atoms with van der Waals surface area (Å²) in [6, 6.07) is 10.4. The second kappa shape index (κ2) is 7.54. The first-order valence-corrected chi connectivity index (χ1v) is 9.67. The zero-order valence-electron chi connectivity index (χ0n) is 16.4. The van der Waals surface area contributed by atoms with Gasteiger partial charge in [-0.2, -0.15) is 5.10 Å². The Bertz CT molecular complexity index is 1130. The van der Waals surface area contributed by atoms with Crippen molar-refractivity contribution in [1.82, 2.24) is 25.0 Å². The third kappa shape index (κ3) is 3.53. The lowest BCUT2D eigenvalue weighted by molar-refractivity contribution is 0.0553. The van der Waals surface area contributed by atoms with E-state index >= 15 is 0 Å². The molecule has 4 rings (SSSR count). The molecule has 0 spiro atoms. The molecular formula is C21H23N5O3. The van der Waals surface area contributed by atoms with Crippen LogP contribution in [0.25, 0.3) is 10.8 Å². The van der Waals surface area contributed by atoms with E-state index in [1.54, 1.807) is 24.3 Å². The summed E-state index contributed by atoms with van der Waals surface area (Å²) >= 11 is 0. The molecule has 1 aliphatic heterocycles. The molecule has 1 atom stereocenters. The molecule has 1 aliphatic rings. The van der Waals surface area contributed by atoms with Gasteiger partial charge in [-0.3, -0.25) is 14.4 Å². The van der Waals surface area contributed by atoms with Crippen LogP contribution in [0.1, 0.15) is 34.8 Å². The van der Waals surface area contributed by atoms with E-state index in [1.807, 2.05) is 27.8 Å². The smallest absolute Gasteiger partial charge is 0.272 e. The predicted molar refractivity (Wildman–Crippen MR) is 109 cm³/mol. The molecule has 8 heteroatoms.